The highest BCUT2D eigenvalue weighted by Gasteiger charge is 2.11. The van der Waals surface area contributed by atoms with Crippen molar-refractivity contribution >= 4 is 22.0 Å². The Balaban J connectivity index is 1.81. The Labute approximate surface area is 140 Å². The lowest BCUT2D eigenvalue weighted by Gasteiger charge is -2.16. The van der Waals surface area contributed by atoms with Crippen molar-refractivity contribution in [3.63, 3.8) is 0 Å². The predicted molar refractivity (Wildman–Crippen MR) is 94.0 cm³/mol. The molecule has 4 heteroatoms. The number of nitrogens with one attached hydrogen (secondary N) is 2. The molecular weight excluding hydrogens is 340 g/mol. The molecule has 0 heterocycles. The van der Waals surface area contributed by atoms with E-state index in [2.05, 4.69) is 45.6 Å². The Morgan fingerprint density at radius 3 is 2.55 bits per heavy atom. The smallest absolute Gasteiger partial charge is 0.315 e. The molecule has 2 aromatic carbocycles. The van der Waals surface area contributed by atoms with Crippen molar-refractivity contribution in [2.75, 3.05) is 6.54 Å². The van der Waals surface area contributed by atoms with Crippen LogP contribution in [0, 0.1) is 6.92 Å². The molecule has 2 N–H and O–H groups in total. The topological polar surface area (TPSA) is 41.1 Å². The van der Waals surface area contributed by atoms with Crippen LogP contribution in [0.1, 0.15) is 29.7 Å². The maximum Gasteiger partial charge on any atom is 0.315 e. The zero-order valence-corrected chi connectivity index (χ0v) is 14.5. The minimum Gasteiger partial charge on any atom is -0.338 e. The molecule has 1 atom stereocenters. The van der Waals surface area contributed by atoms with Gasteiger partial charge in [0.05, 0.1) is 6.04 Å². The van der Waals surface area contributed by atoms with Crippen LogP contribution in [0.3, 0.4) is 0 Å². The molecule has 3 nitrogen and oxygen atoms in total. The molecule has 0 aliphatic rings. The van der Waals surface area contributed by atoms with Gasteiger partial charge >= 0.3 is 6.03 Å². The maximum absolute atomic E-state index is 12.0. The Hall–Kier alpha value is -1.81. The first-order valence-electron chi connectivity index (χ1n) is 7.41. The predicted octanol–water partition coefficient (Wildman–Crippen LogP) is 4.36. The lowest BCUT2D eigenvalue weighted by molar-refractivity contribution is 0.238. The number of urea groups is 1. The van der Waals surface area contributed by atoms with Gasteiger partial charge in [-0.1, -0.05) is 58.4 Å². The molecule has 0 spiro atoms. The molecule has 0 radical (unpaired) electrons. The Morgan fingerprint density at radius 1 is 1.14 bits per heavy atom. The van der Waals surface area contributed by atoms with Gasteiger partial charge in [0.2, 0.25) is 0 Å². The second-order valence-corrected chi connectivity index (χ2v) is 6.17. The number of amides is 2. The fourth-order valence-corrected chi connectivity index (χ4v) is 2.98. The van der Waals surface area contributed by atoms with E-state index >= 15 is 0 Å². The average molecular weight is 361 g/mol. The second kappa shape index (κ2) is 7.99. The van der Waals surface area contributed by atoms with E-state index in [1.165, 1.54) is 11.1 Å². The van der Waals surface area contributed by atoms with Gasteiger partial charge < -0.3 is 10.6 Å². The number of hydrogen-bond acceptors (Lipinski definition) is 1. The number of halogens is 1. The maximum atomic E-state index is 12.0. The number of carbonyl (C=O) groups is 1. The van der Waals surface area contributed by atoms with Crippen LogP contribution in [-0.2, 0) is 6.42 Å². The van der Waals surface area contributed by atoms with Crippen LogP contribution >= 0.6 is 15.9 Å². The van der Waals surface area contributed by atoms with Crippen LogP contribution < -0.4 is 10.6 Å². The third kappa shape index (κ3) is 4.60. The minimum atomic E-state index is -0.142. The van der Waals surface area contributed by atoms with E-state index in [4.69, 9.17) is 0 Å². The molecule has 2 amide bonds. The molecule has 2 rings (SSSR count). The van der Waals surface area contributed by atoms with Crippen molar-refractivity contribution in [3.05, 3.63) is 69.7 Å². The lowest BCUT2D eigenvalue weighted by Crippen LogP contribution is -2.38. The fourth-order valence-electron chi connectivity index (χ4n) is 2.35. The highest BCUT2D eigenvalue weighted by Crippen LogP contribution is 2.22. The molecule has 0 bridgehead atoms. The number of rotatable bonds is 5. The first-order valence-corrected chi connectivity index (χ1v) is 8.20. The quantitative estimate of drug-likeness (QED) is 0.816. The standard InChI is InChI=1S/C18H21BrN2O/c1-13-7-3-4-8-15(13)11-12-20-18(22)21-14(2)16-9-5-6-10-17(16)19/h3-10,14H,11-12H2,1-2H3,(H2,20,21,22). The average Bonchev–Trinajstić information content (AvgIpc) is 2.49. The summed E-state index contributed by atoms with van der Waals surface area (Å²) in [6, 6.07) is 16.0. The Kier molecular flexibility index (Phi) is 6.01. The number of hydrogen-bond donors (Lipinski definition) is 2. The molecule has 0 aliphatic carbocycles. The van der Waals surface area contributed by atoms with Crippen molar-refractivity contribution in [1.29, 1.82) is 0 Å². The summed E-state index contributed by atoms with van der Waals surface area (Å²) in [5, 5.41) is 5.87. The van der Waals surface area contributed by atoms with Gasteiger partial charge in [0.1, 0.15) is 0 Å². The lowest BCUT2D eigenvalue weighted by atomic mass is 10.1. The molecule has 0 aromatic heterocycles. The molecule has 0 aliphatic heterocycles. The highest BCUT2D eigenvalue weighted by molar-refractivity contribution is 9.10. The zero-order chi connectivity index (χ0) is 15.9. The first kappa shape index (κ1) is 16.6. The fraction of sp³-hybridized carbons (Fsp3) is 0.278. The van der Waals surface area contributed by atoms with Crippen LogP contribution in [0.15, 0.2) is 53.0 Å². The van der Waals surface area contributed by atoms with Crippen LogP contribution in [0.4, 0.5) is 4.79 Å². The van der Waals surface area contributed by atoms with Crippen LogP contribution in [-0.4, -0.2) is 12.6 Å². The van der Waals surface area contributed by atoms with Crippen molar-refractivity contribution in [3.8, 4) is 0 Å². The SMILES string of the molecule is Cc1ccccc1CCNC(=O)NC(C)c1ccccc1Br. The van der Waals surface area contributed by atoms with E-state index in [1.807, 2.05) is 43.3 Å². The first-order chi connectivity index (χ1) is 10.6. The van der Waals surface area contributed by atoms with Crippen molar-refractivity contribution < 1.29 is 4.79 Å². The van der Waals surface area contributed by atoms with Crippen LogP contribution in [0.25, 0.3) is 0 Å². The van der Waals surface area contributed by atoms with E-state index in [9.17, 15) is 4.79 Å². The summed E-state index contributed by atoms with van der Waals surface area (Å²) in [6.07, 6.45) is 0.837. The third-order valence-electron chi connectivity index (χ3n) is 3.66. The van der Waals surface area contributed by atoms with E-state index < -0.39 is 0 Å². The van der Waals surface area contributed by atoms with Crippen molar-refractivity contribution in [1.82, 2.24) is 10.6 Å². The van der Waals surface area contributed by atoms with Gasteiger partial charge in [0.25, 0.3) is 0 Å². The van der Waals surface area contributed by atoms with Crippen molar-refractivity contribution in [2.45, 2.75) is 26.3 Å². The van der Waals surface area contributed by atoms with E-state index in [-0.39, 0.29) is 12.1 Å². The van der Waals surface area contributed by atoms with Gasteiger partial charge in [0, 0.05) is 11.0 Å². The summed E-state index contributed by atoms with van der Waals surface area (Å²) < 4.78 is 1.00. The van der Waals surface area contributed by atoms with Gasteiger partial charge in [-0.15, -0.1) is 0 Å². The van der Waals surface area contributed by atoms with Crippen LogP contribution in [0.2, 0.25) is 0 Å². The zero-order valence-electron chi connectivity index (χ0n) is 12.9. The van der Waals surface area contributed by atoms with Crippen LogP contribution in [0.5, 0.6) is 0 Å². The summed E-state index contributed by atoms with van der Waals surface area (Å²) >= 11 is 3.51. The van der Waals surface area contributed by atoms with E-state index in [1.54, 1.807) is 0 Å². The van der Waals surface area contributed by atoms with Gasteiger partial charge in [-0.05, 0) is 43.0 Å². The molecule has 2 aromatic rings. The Bertz CT molecular complexity index is 642. The largest absolute Gasteiger partial charge is 0.338 e. The van der Waals surface area contributed by atoms with E-state index in [0.29, 0.717) is 6.54 Å². The molecule has 116 valence electrons. The molecule has 0 saturated carbocycles. The van der Waals surface area contributed by atoms with Gasteiger partial charge in [-0.2, -0.15) is 0 Å². The molecule has 1 unspecified atom stereocenters. The van der Waals surface area contributed by atoms with E-state index in [0.717, 1.165) is 16.5 Å². The molecule has 0 saturated heterocycles. The monoisotopic (exact) mass is 360 g/mol. The van der Waals surface area contributed by atoms with Gasteiger partial charge in [-0.3, -0.25) is 0 Å². The van der Waals surface area contributed by atoms with Gasteiger partial charge in [-0.25, -0.2) is 4.79 Å². The second-order valence-electron chi connectivity index (χ2n) is 5.32. The van der Waals surface area contributed by atoms with Gasteiger partial charge in [0.15, 0.2) is 0 Å². The highest BCUT2D eigenvalue weighted by atomic mass is 79.9. The van der Waals surface area contributed by atoms with Crippen molar-refractivity contribution in [2.24, 2.45) is 0 Å². The normalized spacial score (nSPS) is 11.8. The molecular formula is C18H21BrN2O. The summed E-state index contributed by atoms with van der Waals surface area (Å²) in [6.45, 7) is 4.69. The molecule has 0 fully saturated rings. The summed E-state index contributed by atoms with van der Waals surface area (Å²) in [7, 11) is 0. The summed E-state index contributed by atoms with van der Waals surface area (Å²) in [5.74, 6) is 0. The Morgan fingerprint density at radius 2 is 1.82 bits per heavy atom. The summed E-state index contributed by atoms with van der Waals surface area (Å²) in [5.41, 5.74) is 3.59. The third-order valence-corrected chi connectivity index (χ3v) is 4.38. The minimum absolute atomic E-state index is 0.0472. The summed E-state index contributed by atoms with van der Waals surface area (Å²) in [4.78, 5) is 12.0. The number of benzene rings is 2. The molecule has 22 heavy (non-hydrogen) atoms. The number of carbonyl (C=O) groups excluding carboxylic acids is 1. The number of aryl methyl sites for hydroxylation is 1.